The van der Waals surface area contributed by atoms with Crippen LogP contribution in [0.1, 0.15) is 65.5 Å². The minimum absolute atomic E-state index is 0.112. The maximum absolute atomic E-state index is 2.41. The Morgan fingerprint density at radius 2 is 1.23 bits per heavy atom. The van der Waals surface area contributed by atoms with Gasteiger partial charge in [-0.2, -0.15) is 0 Å². The molecule has 216 valence electrons. The molecule has 1 aliphatic carbocycles. The van der Waals surface area contributed by atoms with E-state index in [4.69, 9.17) is 0 Å². The summed E-state index contributed by atoms with van der Waals surface area (Å²) in [6.45, 7) is 13.8. The van der Waals surface area contributed by atoms with Gasteiger partial charge in [0.05, 0.1) is 0 Å². The third-order valence-corrected chi connectivity index (χ3v) is 10.2. The highest BCUT2D eigenvalue weighted by Gasteiger charge is 2.24. The predicted molar refractivity (Wildman–Crippen MR) is 194 cm³/mol. The van der Waals surface area contributed by atoms with Gasteiger partial charge in [-0.1, -0.05) is 144 Å². The van der Waals surface area contributed by atoms with Gasteiger partial charge < -0.3 is 0 Å². The molecule has 0 heteroatoms. The fraction of sp³-hybridized carbons (Fsp3) is 0.227. The maximum atomic E-state index is 2.41. The summed E-state index contributed by atoms with van der Waals surface area (Å²) in [4.78, 5) is 0. The number of hydrogen-bond acceptors (Lipinski definition) is 0. The highest BCUT2D eigenvalue weighted by molar-refractivity contribution is 6.27. The van der Waals surface area contributed by atoms with Crippen LogP contribution in [0.25, 0.3) is 82.5 Å². The zero-order chi connectivity index (χ0) is 30.3. The molecule has 8 rings (SSSR count). The summed E-state index contributed by atoms with van der Waals surface area (Å²) in [7, 11) is 0. The molecule has 0 amide bonds. The average Bonchev–Trinajstić information content (AvgIpc) is 3.33. The van der Waals surface area contributed by atoms with E-state index in [-0.39, 0.29) is 5.41 Å². The summed E-state index contributed by atoms with van der Waals surface area (Å²) < 4.78 is 0. The molecule has 1 atom stereocenters. The molecule has 0 N–H and O–H groups in total. The van der Waals surface area contributed by atoms with Crippen molar-refractivity contribution in [3.8, 4) is 33.4 Å². The van der Waals surface area contributed by atoms with Crippen LogP contribution in [0.5, 0.6) is 0 Å². The second-order valence-corrected chi connectivity index (χ2v) is 14.3. The molecule has 0 spiro atoms. The lowest BCUT2D eigenvalue weighted by Crippen LogP contribution is -2.10. The number of rotatable bonds is 5. The molecule has 0 heterocycles. The van der Waals surface area contributed by atoms with Gasteiger partial charge in [0.15, 0.2) is 0 Å². The highest BCUT2D eigenvalue weighted by atomic mass is 14.3. The second-order valence-electron chi connectivity index (χ2n) is 14.3. The van der Waals surface area contributed by atoms with E-state index < -0.39 is 0 Å². The summed E-state index contributed by atoms with van der Waals surface area (Å²) in [6, 6.07) is 37.5. The molecular weight excluding hydrogens is 528 g/mol. The minimum atomic E-state index is 0.112. The molecule has 0 radical (unpaired) electrons. The van der Waals surface area contributed by atoms with Gasteiger partial charge in [0.2, 0.25) is 0 Å². The molecular formula is C44H40. The lowest BCUT2D eigenvalue weighted by Gasteiger charge is -2.22. The zero-order valence-corrected chi connectivity index (χ0v) is 26.8. The molecule has 0 nitrogen and oxygen atoms in total. The van der Waals surface area contributed by atoms with Crippen molar-refractivity contribution in [2.24, 2.45) is 5.92 Å². The Morgan fingerprint density at radius 3 is 1.98 bits per heavy atom. The summed E-state index contributed by atoms with van der Waals surface area (Å²) in [5.41, 5.74) is 12.3. The second kappa shape index (κ2) is 9.80. The summed E-state index contributed by atoms with van der Waals surface area (Å²) >= 11 is 0. The van der Waals surface area contributed by atoms with Crippen LogP contribution >= 0.6 is 0 Å². The quantitative estimate of drug-likeness (QED) is 0.181. The molecule has 0 saturated heterocycles. The molecule has 0 aliphatic heterocycles. The monoisotopic (exact) mass is 568 g/mol. The number of hydrogen-bond donors (Lipinski definition) is 0. The van der Waals surface area contributed by atoms with Crippen molar-refractivity contribution in [2.45, 2.75) is 59.8 Å². The summed E-state index contributed by atoms with van der Waals surface area (Å²) in [5.74, 6) is 0.720. The van der Waals surface area contributed by atoms with Gasteiger partial charge in [-0.15, -0.1) is 0 Å². The van der Waals surface area contributed by atoms with Crippen LogP contribution in [0.15, 0.2) is 103 Å². The average molecular weight is 569 g/mol. The predicted octanol–water partition coefficient (Wildman–Crippen LogP) is 13.2. The Bertz CT molecular complexity index is 2270. The minimum Gasteiger partial charge on any atom is -0.0725 e. The Morgan fingerprint density at radius 1 is 0.614 bits per heavy atom. The van der Waals surface area contributed by atoms with Crippen molar-refractivity contribution in [2.75, 3.05) is 0 Å². The standard InChI is InChI=1S/C44H40/c1-7-26(2)21-27(3)22-28-11-16-35-39-20-19-34(36-9-8-10-37(43(36)39)40(35)23-28)33-17-14-29-12-13-30-24-32(44(4,5)6)25-31-15-18-38(33)42(29)41(30)31/h8-20,22-26H,7,21H2,1-6H3/b27-22-. The SMILES string of the molecule is CCC(C)C/C(C)=C\c1ccc2c(c1)-c1cccc3c(-c4ccc5ccc6cc(C(C)(C)C)cc7ccc4c5c67)ccc-2c13. The maximum Gasteiger partial charge on any atom is -0.00201 e. The lowest BCUT2D eigenvalue weighted by atomic mass is 9.82. The van der Waals surface area contributed by atoms with E-state index in [2.05, 4.69) is 145 Å². The van der Waals surface area contributed by atoms with Gasteiger partial charge in [-0.05, 0) is 118 Å². The molecule has 1 unspecified atom stereocenters. The van der Waals surface area contributed by atoms with E-state index in [1.54, 1.807) is 0 Å². The van der Waals surface area contributed by atoms with E-state index in [1.807, 2.05) is 0 Å². The molecule has 0 bridgehead atoms. The molecule has 44 heavy (non-hydrogen) atoms. The Kier molecular flexibility index (Phi) is 6.04. The molecule has 0 fully saturated rings. The van der Waals surface area contributed by atoms with Gasteiger partial charge in [-0.25, -0.2) is 0 Å². The van der Waals surface area contributed by atoms with Gasteiger partial charge in [0.1, 0.15) is 0 Å². The highest BCUT2D eigenvalue weighted by Crippen LogP contribution is 2.51. The van der Waals surface area contributed by atoms with Gasteiger partial charge in [0, 0.05) is 0 Å². The Labute approximate surface area is 261 Å². The molecule has 1 aliphatic rings. The molecule has 0 saturated carbocycles. The largest absolute Gasteiger partial charge is 0.0725 e. The number of allylic oxidation sites excluding steroid dienone is 1. The van der Waals surface area contributed by atoms with E-state index in [9.17, 15) is 0 Å². The topological polar surface area (TPSA) is 0 Å². The van der Waals surface area contributed by atoms with Crippen molar-refractivity contribution < 1.29 is 0 Å². The molecule has 7 aromatic rings. The van der Waals surface area contributed by atoms with Gasteiger partial charge in [0.25, 0.3) is 0 Å². The first-order valence-electron chi connectivity index (χ1n) is 16.3. The van der Waals surface area contributed by atoms with Crippen LogP contribution in [0.3, 0.4) is 0 Å². The van der Waals surface area contributed by atoms with Crippen LogP contribution in [-0.2, 0) is 5.41 Å². The van der Waals surface area contributed by atoms with Crippen LogP contribution in [-0.4, -0.2) is 0 Å². The first-order valence-corrected chi connectivity index (χ1v) is 16.3. The number of fused-ring (bicyclic) bond motifs is 3. The van der Waals surface area contributed by atoms with Crippen molar-refractivity contribution >= 4 is 49.2 Å². The van der Waals surface area contributed by atoms with E-state index in [0.717, 1.165) is 12.3 Å². The third-order valence-electron chi connectivity index (χ3n) is 10.2. The zero-order valence-electron chi connectivity index (χ0n) is 26.8. The third kappa shape index (κ3) is 4.11. The first kappa shape index (κ1) is 27.2. The Balaban J connectivity index is 1.30. The summed E-state index contributed by atoms with van der Waals surface area (Å²) in [5, 5.41) is 10.8. The van der Waals surface area contributed by atoms with Crippen molar-refractivity contribution in [3.63, 3.8) is 0 Å². The normalized spacial score (nSPS) is 13.9. The van der Waals surface area contributed by atoms with Crippen LogP contribution in [0.2, 0.25) is 0 Å². The van der Waals surface area contributed by atoms with Crippen molar-refractivity contribution in [1.82, 2.24) is 0 Å². The lowest BCUT2D eigenvalue weighted by molar-refractivity contribution is 0.559. The molecule has 7 aromatic carbocycles. The Hall–Kier alpha value is -4.42. The fourth-order valence-electron chi connectivity index (χ4n) is 7.72. The van der Waals surface area contributed by atoms with Gasteiger partial charge in [-0.3, -0.25) is 0 Å². The molecule has 0 aromatic heterocycles. The van der Waals surface area contributed by atoms with Gasteiger partial charge >= 0.3 is 0 Å². The van der Waals surface area contributed by atoms with Crippen LogP contribution in [0, 0.1) is 5.92 Å². The van der Waals surface area contributed by atoms with Crippen LogP contribution in [0.4, 0.5) is 0 Å². The first-order chi connectivity index (χ1) is 21.2. The van der Waals surface area contributed by atoms with E-state index in [1.165, 1.54) is 99.6 Å². The van der Waals surface area contributed by atoms with Crippen molar-refractivity contribution in [1.29, 1.82) is 0 Å². The van der Waals surface area contributed by atoms with E-state index in [0.29, 0.717) is 0 Å². The van der Waals surface area contributed by atoms with Crippen molar-refractivity contribution in [3.05, 3.63) is 114 Å². The van der Waals surface area contributed by atoms with E-state index >= 15 is 0 Å². The number of benzene rings is 7. The fourth-order valence-corrected chi connectivity index (χ4v) is 7.72. The van der Waals surface area contributed by atoms with Crippen LogP contribution < -0.4 is 0 Å². The smallest absolute Gasteiger partial charge is 0.00201 e. The summed E-state index contributed by atoms with van der Waals surface area (Å²) in [6.07, 6.45) is 4.76.